The van der Waals surface area contributed by atoms with E-state index in [1.807, 2.05) is 32.2 Å². The summed E-state index contributed by atoms with van der Waals surface area (Å²) in [5.41, 5.74) is 9.64. The van der Waals surface area contributed by atoms with Gasteiger partial charge in [-0.15, -0.1) is 0 Å². The van der Waals surface area contributed by atoms with Gasteiger partial charge in [0.05, 0.1) is 12.3 Å². The van der Waals surface area contributed by atoms with Gasteiger partial charge in [0.1, 0.15) is 10.9 Å². The van der Waals surface area contributed by atoms with E-state index in [0.717, 1.165) is 29.8 Å². The Hall–Kier alpha value is -1.52. The van der Waals surface area contributed by atoms with E-state index in [0.29, 0.717) is 17.7 Å². The summed E-state index contributed by atoms with van der Waals surface area (Å²) in [7, 11) is 1.85. The van der Waals surface area contributed by atoms with Crippen LogP contribution >= 0.6 is 11.6 Å². The fourth-order valence-electron chi connectivity index (χ4n) is 2.93. The number of para-hydroxylation sites is 1. The molecule has 3 rings (SSSR count). The molecule has 21 heavy (non-hydrogen) atoms. The van der Waals surface area contributed by atoms with Crippen molar-refractivity contribution < 1.29 is 4.74 Å². The van der Waals surface area contributed by atoms with Crippen LogP contribution in [0.1, 0.15) is 16.8 Å². The van der Waals surface area contributed by atoms with E-state index in [1.54, 1.807) is 4.68 Å². The second kappa shape index (κ2) is 5.70. The van der Waals surface area contributed by atoms with Crippen LogP contribution < -0.4 is 10.5 Å². The highest BCUT2D eigenvalue weighted by atomic mass is 35.5. The van der Waals surface area contributed by atoms with Crippen molar-refractivity contribution in [2.45, 2.75) is 25.8 Å². The van der Waals surface area contributed by atoms with Crippen molar-refractivity contribution in [2.75, 3.05) is 6.61 Å². The van der Waals surface area contributed by atoms with Gasteiger partial charge >= 0.3 is 0 Å². The molecule has 1 aromatic heterocycles. The van der Waals surface area contributed by atoms with Crippen LogP contribution in [0.2, 0.25) is 5.15 Å². The molecular formula is C16H20ClN3O. The van der Waals surface area contributed by atoms with Crippen molar-refractivity contribution in [1.29, 1.82) is 0 Å². The normalized spacial score (nSPS) is 19.0. The molecule has 0 aliphatic carbocycles. The lowest BCUT2D eigenvalue weighted by molar-refractivity contribution is 0.198. The highest BCUT2D eigenvalue weighted by molar-refractivity contribution is 6.30. The smallest absolute Gasteiger partial charge is 0.130 e. The van der Waals surface area contributed by atoms with E-state index in [1.165, 1.54) is 5.56 Å². The van der Waals surface area contributed by atoms with Gasteiger partial charge in [-0.25, -0.2) is 0 Å². The molecule has 2 heterocycles. The predicted octanol–water partition coefficient (Wildman–Crippen LogP) is 2.50. The molecule has 0 fully saturated rings. The van der Waals surface area contributed by atoms with Crippen molar-refractivity contribution in [1.82, 2.24) is 9.78 Å². The van der Waals surface area contributed by atoms with Crippen LogP contribution in [0.3, 0.4) is 0 Å². The number of aromatic nitrogens is 2. The van der Waals surface area contributed by atoms with E-state index in [-0.39, 0.29) is 6.04 Å². The summed E-state index contributed by atoms with van der Waals surface area (Å²) in [4.78, 5) is 0. The molecule has 2 N–H and O–H groups in total. The number of nitrogens with two attached hydrogens (primary N) is 1. The number of nitrogens with zero attached hydrogens (tertiary/aromatic N) is 2. The van der Waals surface area contributed by atoms with Gasteiger partial charge in [0.25, 0.3) is 0 Å². The molecule has 112 valence electrons. The van der Waals surface area contributed by atoms with Gasteiger partial charge in [-0.1, -0.05) is 29.8 Å². The Balaban J connectivity index is 1.73. The van der Waals surface area contributed by atoms with Crippen LogP contribution in [0.25, 0.3) is 0 Å². The summed E-state index contributed by atoms with van der Waals surface area (Å²) >= 11 is 6.29. The third-order valence-electron chi connectivity index (χ3n) is 4.22. The molecule has 0 saturated heterocycles. The van der Waals surface area contributed by atoms with Crippen LogP contribution in [0.4, 0.5) is 0 Å². The topological polar surface area (TPSA) is 53.1 Å². The van der Waals surface area contributed by atoms with Crippen LogP contribution in [-0.4, -0.2) is 22.4 Å². The SMILES string of the molecule is Cc1nn(C)c(Cl)c1CC(N)C1COc2ccccc2C1. The summed E-state index contributed by atoms with van der Waals surface area (Å²) < 4.78 is 7.53. The first kappa shape index (κ1) is 14.4. The third-order valence-corrected chi connectivity index (χ3v) is 4.70. The Morgan fingerprint density at radius 2 is 2.24 bits per heavy atom. The largest absolute Gasteiger partial charge is 0.493 e. The second-order valence-electron chi connectivity index (χ2n) is 5.73. The third kappa shape index (κ3) is 2.78. The monoisotopic (exact) mass is 305 g/mol. The number of halogens is 1. The van der Waals surface area contributed by atoms with Gasteiger partial charge < -0.3 is 10.5 Å². The predicted molar refractivity (Wildman–Crippen MR) is 83.8 cm³/mol. The molecule has 0 saturated carbocycles. The lowest BCUT2D eigenvalue weighted by atomic mass is 9.87. The minimum atomic E-state index is 0.0127. The number of ether oxygens (including phenoxy) is 1. The molecule has 2 atom stereocenters. The van der Waals surface area contributed by atoms with E-state index in [4.69, 9.17) is 22.1 Å². The van der Waals surface area contributed by atoms with Crippen molar-refractivity contribution in [2.24, 2.45) is 18.7 Å². The Morgan fingerprint density at radius 3 is 2.95 bits per heavy atom. The van der Waals surface area contributed by atoms with Crippen molar-refractivity contribution in [3.05, 3.63) is 46.2 Å². The van der Waals surface area contributed by atoms with Crippen molar-refractivity contribution >= 4 is 11.6 Å². The first-order valence-electron chi connectivity index (χ1n) is 7.20. The maximum atomic E-state index is 6.41. The molecule has 0 amide bonds. The average Bonchev–Trinajstić information content (AvgIpc) is 2.73. The fourth-order valence-corrected chi connectivity index (χ4v) is 3.19. The number of aryl methyl sites for hydroxylation is 2. The van der Waals surface area contributed by atoms with E-state index in [2.05, 4.69) is 11.2 Å². The lowest BCUT2D eigenvalue weighted by Crippen LogP contribution is -2.39. The van der Waals surface area contributed by atoms with Crippen LogP contribution in [-0.2, 0) is 19.9 Å². The first-order chi connectivity index (χ1) is 10.1. The lowest BCUT2D eigenvalue weighted by Gasteiger charge is -2.29. The van der Waals surface area contributed by atoms with Crippen LogP contribution in [0.15, 0.2) is 24.3 Å². The summed E-state index contributed by atoms with van der Waals surface area (Å²) in [6.45, 7) is 2.63. The highest BCUT2D eigenvalue weighted by Gasteiger charge is 2.26. The molecule has 1 aliphatic heterocycles. The Morgan fingerprint density at radius 1 is 1.48 bits per heavy atom. The number of benzene rings is 1. The number of fused-ring (bicyclic) bond motifs is 1. The first-order valence-corrected chi connectivity index (χ1v) is 7.58. The Kier molecular flexibility index (Phi) is 3.91. The van der Waals surface area contributed by atoms with Crippen molar-refractivity contribution in [3.63, 3.8) is 0 Å². The molecule has 2 unspecified atom stereocenters. The van der Waals surface area contributed by atoms with Gasteiger partial charge in [-0.05, 0) is 31.4 Å². The van der Waals surface area contributed by atoms with Gasteiger partial charge in [-0.3, -0.25) is 4.68 Å². The summed E-state index contributed by atoms with van der Waals surface area (Å²) in [5.74, 6) is 1.28. The van der Waals surface area contributed by atoms with E-state index >= 15 is 0 Å². The highest BCUT2D eigenvalue weighted by Crippen LogP contribution is 2.29. The number of hydrogen-bond donors (Lipinski definition) is 1. The zero-order valence-electron chi connectivity index (χ0n) is 12.3. The quantitative estimate of drug-likeness (QED) is 0.948. The number of rotatable bonds is 3. The van der Waals surface area contributed by atoms with Gasteiger partial charge in [-0.2, -0.15) is 5.10 Å². The molecule has 0 radical (unpaired) electrons. The standard InChI is InChI=1S/C16H20ClN3O/c1-10-13(16(17)20(2)19-10)8-14(18)12-7-11-5-3-4-6-15(11)21-9-12/h3-6,12,14H,7-9,18H2,1-2H3. The minimum absolute atomic E-state index is 0.0127. The molecular weight excluding hydrogens is 286 g/mol. The molecule has 4 nitrogen and oxygen atoms in total. The molecule has 1 aliphatic rings. The minimum Gasteiger partial charge on any atom is -0.493 e. The average molecular weight is 306 g/mol. The van der Waals surface area contributed by atoms with E-state index in [9.17, 15) is 0 Å². The second-order valence-corrected chi connectivity index (χ2v) is 6.09. The van der Waals surface area contributed by atoms with Gasteiger partial charge in [0.2, 0.25) is 0 Å². The molecule has 0 bridgehead atoms. The van der Waals surface area contributed by atoms with E-state index < -0.39 is 0 Å². The maximum absolute atomic E-state index is 6.41. The Bertz CT molecular complexity index is 653. The summed E-state index contributed by atoms with van der Waals surface area (Å²) in [5, 5.41) is 5.02. The number of hydrogen-bond acceptors (Lipinski definition) is 3. The molecule has 0 spiro atoms. The maximum Gasteiger partial charge on any atom is 0.130 e. The van der Waals surface area contributed by atoms with Crippen LogP contribution in [0.5, 0.6) is 5.75 Å². The molecule has 1 aromatic carbocycles. The van der Waals surface area contributed by atoms with Crippen LogP contribution in [0, 0.1) is 12.8 Å². The fraction of sp³-hybridized carbons (Fsp3) is 0.438. The zero-order chi connectivity index (χ0) is 15.0. The Labute approximate surface area is 129 Å². The van der Waals surface area contributed by atoms with Gasteiger partial charge in [0.15, 0.2) is 0 Å². The molecule has 5 heteroatoms. The summed E-state index contributed by atoms with van der Waals surface area (Å²) in [6, 6.07) is 8.17. The molecule has 2 aromatic rings. The summed E-state index contributed by atoms with van der Waals surface area (Å²) in [6.07, 6.45) is 1.68. The van der Waals surface area contributed by atoms with Crippen molar-refractivity contribution in [3.8, 4) is 5.75 Å². The zero-order valence-corrected chi connectivity index (χ0v) is 13.1. The van der Waals surface area contributed by atoms with Gasteiger partial charge in [0, 0.05) is 24.6 Å².